The molecule has 2 aromatic rings. The van der Waals surface area contributed by atoms with Gasteiger partial charge in [0.2, 0.25) is 0 Å². The second-order valence-corrected chi connectivity index (χ2v) is 4.90. The maximum Gasteiger partial charge on any atom is 0.417 e. The molecule has 0 spiro atoms. The Hall–Kier alpha value is -1.49. The normalized spacial score (nSPS) is 12.2. The van der Waals surface area contributed by atoms with Gasteiger partial charge in [-0.15, -0.1) is 0 Å². The summed E-state index contributed by atoms with van der Waals surface area (Å²) in [6, 6.07) is 4.00. The number of hydrogen-bond acceptors (Lipinski definition) is 1. The largest absolute Gasteiger partial charge is 0.417 e. The van der Waals surface area contributed by atoms with Gasteiger partial charge in [-0.25, -0.2) is 4.98 Å². The second kappa shape index (κ2) is 4.89. The Labute approximate surface area is 113 Å². The first-order valence-corrected chi connectivity index (χ1v) is 6.07. The van der Waals surface area contributed by atoms with Crippen molar-refractivity contribution in [2.24, 2.45) is 0 Å². The smallest absolute Gasteiger partial charge is 0.334 e. The van der Waals surface area contributed by atoms with Gasteiger partial charge in [0.1, 0.15) is 0 Å². The highest BCUT2D eigenvalue weighted by molar-refractivity contribution is 6.31. The summed E-state index contributed by atoms with van der Waals surface area (Å²) in [5, 5.41) is -0.306. The van der Waals surface area contributed by atoms with Crippen molar-refractivity contribution < 1.29 is 13.2 Å². The summed E-state index contributed by atoms with van der Waals surface area (Å²) in [5.41, 5.74) is 0.0535. The Morgan fingerprint density at radius 3 is 2.47 bits per heavy atom. The van der Waals surface area contributed by atoms with Crippen LogP contribution in [0.5, 0.6) is 0 Å². The standard InChI is InChI=1S/C13H12ClF3N2/c1-8(2)19-6-12(18-7-19)9-3-4-11(14)10(5-9)13(15,16)17/h3-8H,1-2H3. The molecule has 2 nitrogen and oxygen atoms in total. The summed E-state index contributed by atoms with van der Waals surface area (Å²) in [7, 11) is 0. The van der Waals surface area contributed by atoms with Crippen LogP contribution >= 0.6 is 11.6 Å². The van der Waals surface area contributed by atoms with E-state index in [-0.39, 0.29) is 11.1 Å². The summed E-state index contributed by atoms with van der Waals surface area (Å²) in [4.78, 5) is 4.11. The third-order valence-corrected chi connectivity index (χ3v) is 3.09. The van der Waals surface area contributed by atoms with E-state index in [1.807, 2.05) is 18.4 Å². The number of alkyl halides is 3. The Morgan fingerprint density at radius 2 is 1.95 bits per heavy atom. The molecule has 1 heterocycles. The van der Waals surface area contributed by atoms with Crippen molar-refractivity contribution in [3.63, 3.8) is 0 Å². The summed E-state index contributed by atoms with van der Waals surface area (Å²) in [5.74, 6) is 0. The average molecular weight is 289 g/mol. The summed E-state index contributed by atoms with van der Waals surface area (Å²) >= 11 is 5.58. The maximum absolute atomic E-state index is 12.8. The quantitative estimate of drug-likeness (QED) is 0.776. The Bertz CT molecular complexity index is 588. The molecule has 102 valence electrons. The summed E-state index contributed by atoms with van der Waals surface area (Å²) < 4.78 is 40.1. The lowest BCUT2D eigenvalue weighted by atomic mass is 10.1. The van der Waals surface area contributed by atoms with Crippen molar-refractivity contribution >= 4 is 11.6 Å². The van der Waals surface area contributed by atoms with Gasteiger partial charge >= 0.3 is 6.18 Å². The van der Waals surface area contributed by atoms with E-state index in [4.69, 9.17) is 11.6 Å². The third-order valence-electron chi connectivity index (χ3n) is 2.77. The molecule has 19 heavy (non-hydrogen) atoms. The molecule has 0 saturated carbocycles. The zero-order chi connectivity index (χ0) is 14.2. The molecule has 0 aliphatic rings. The summed E-state index contributed by atoms with van der Waals surface area (Å²) in [6.45, 7) is 3.93. The topological polar surface area (TPSA) is 17.8 Å². The second-order valence-electron chi connectivity index (χ2n) is 4.49. The van der Waals surface area contributed by atoms with Gasteiger partial charge in [-0.05, 0) is 26.0 Å². The van der Waals surface area contributed by atoms with Crippen molar-refractivity contribution in [1.29, 1.82) is 0 Å². The Balaban J connectivity index is 2.45. The first-order chi connectivity index (χ1) is 8.79. The van der Waals surface area contributed by atoms with E-state index in [1.165, 1.54) is 12.1 Å². The van der Waals surface area contributed by atoms with Crippen LogP contribution in [0.3, 0.4) is 0 Å². The average Bonchev–Trinajstić information content (AvgIpc) is 2.77. The van der Waals surface area contributed by atoms with Gasteiger partial charge in [0.25, 0.3) is 0 Å². The molecule has 0 atom stereocenters. The lowest BCUT2D eigenvalue weighted by Crippen LogP contribution is -2.05. The number of aromatic nitrogens is 2. The van der Waals surface area contributed by atoms with Crippen LogP contribution in [0.2, 0.25) is 5.02 Å². The van der Waals surface area contributed by atoms with Crippen molar-refractivity contribution in [2.75, 3.05) is 0 Å². The molecule has 2 rings (SSSR count). The van der Waals surface area contributed by atoms with E-state index in [1.54, 1.807) is 12.5 Å². The van der Waals surface area contributed by atoms with Gasteiger partial charge in [-0.3, -0.25) is 0 Å². The number of halogens is 4. The van der Waals surface area contributed by atoms with Gasteiger partial charge in [-0.1, -0.05) is 17.7 Å². The first-order valence-electron chi connectivity index (χ1n) is 5.69. The first kappa shape index (κ1) is 13.9. The highest BCUT2D eigenvalue weighted by atomic mass is 35.5. The van der Waals surface area contributed by atoms with Crippen LogP contribution in [0, 0.1) is 0 Å². The van der Waals surface area contributed by atoms with Gasteiger partial charge in [0.15, 0.2) is 0 Å². The third kappa shape index (κ3) is 2.92. The summed E-state index contributed by atoms with van der Waals surface area (Å²) in [6.07, 6.45) is -1.15. The molecule has 0 fully saturated rings. The van der Waals surface area contributed by atoms with E-state index in [9.17, 15) is 13.2 Å². The van der Waals surface area contributed by atoms with Crippen LogP contribution in [0.1, 0.15) is 25.5 Å². The number of hydrogen-bond donors (Lipinski definition) is 0. The minimum atomic E-state index is -4.46. The number of rotatable bonds is 2. The molecule has 0 aliphatic carbocycles. The van der Waals surface area contributed by atoms with E-state index in [0.717, 1.165) is 6.07 Å². The van der Waals surface area contributed by atoms with Crippen molar-refractivity contribution in [2.45, 2.75) is 26.1 Å². The van der Waals surface area contributed by atoms with Gasteiger partial charge in [0, 0.05) is 17.8 Å². The Kier molecular flexibility index (Phi) is 3.58. The number of nitrogens with zero attached hydrogens (tertiary/aromatic N) is 2. The molecule has 1 aromatic heterocycles. The monoisotopic (exact) mass is 288 g/mol. The molecular formula is C13H12ClF3N2. The van der Waals surface area contributed by atoms with Crippen molar-refractivity contribution in [3.8, 4) is 11.3 Å². The SMILES string of the molecule is CC(C)n1cnc(-c2ccc(Cl)c(C(F)(F)F)c2)c1. The molecule has 0 aliphatic heterocycles. The highest BCUT2D eigenvalue weighted by Gasteiger charge is 2.33. The fourth-order valence-corrected chi connectivity index (χ4v) is 1.89. The van der Waals surface area contributed by atoms with Gasteiger partial charge < -0.3 is 4.57 Å². The number of imidazole rings is 1. The fourth-order valence-electron chi connectivity index (χ4n) is 1.67. The number of benzene rings is 1. The lowest BCUT2D eigenvalue weighted by Gasteiger charge is -2.10. The lowest BCUT2D eigenvalue weighted by molar-refractivity contribution is -0.137. The molecule has 0 saturated heterocycles. The van der Waals surface area contributed by atoms with Gasteiger partial charge in [-0.2, -0.15) is 13.2 Å². The van der Waals surface area contributed by atoms with Crippen LogP contribution in [0.25, 0.3) is 11.3 Å². The van der Waals surface area contributed by atoms with E-state index >= 15 is 0 Å². The molecular weight excluding hydrogens is 277 g/mol. The van der Waals surface area contributed by atoms with Crippen LogP contribution in [-0.4, -0.2) is 9.55 Å². The maximum atomic E-state index is 12.8. The van der Waals surface area contributed by atoms with Gasteiger partial charge in [0.05, 0.1) is 22.6 Å². The predicted octanol–water partition coefficient (Wildman–Crippen LogP) is 4.80. The molecule has 0 unspecified atom stereocenters. The van der Waals surface area contributed by atoms with Crippen molar-refractivity contribution in [1.82, 2.24) is 9.55 Å². The molecule has 0 amide bonds. The van der Waals surface area contributed by atoms with Crippen LogP contribution in [0.15, 0.2) is 30.7 Å². The van der Waals surface area contributed by atoms with Crippen LogP contribution < -0.4 is 0 Å². The van der Waals surface area contributed by atoms with Crippen LogP contribution in [-0.2, 0) is 6.18 Å². The van der Waals surface area contributed by atoms with E-state index in [0.29, 0.717) is 11.3 Å². The van der Waals surface area contributed by atoms with E-state index < -0.39 is 11.7 Å². The Morgan fingerprint density at radius 1 is 1.26 bits per heavy atom. The van der Waals surface area contributed by atoms with E-state index in [2.05, 4.69) is 4.98 Å². The van der Waals surface area contributed by atoms with Crippen LogP contribution in [0.4, 0.5) is 13.2 Å². The zero-order valence-electron chi connectivity index (χ0n) is 10.4. The molecule has 0 radical (unpaired) electrons. The molecule has 0 bridgehead atoms. The zero-order valence-corrected chi connectivity index (χ0v) is 11.1. The fraction of sp³-hybridized carbons (Fsp3) is 0.308. The predicted molar refractivity (Wildman–Crippen MR) is 68.1 cm³/mol. The minimum Gasteiger partial charge on any atom is -0.334 e. The molecule has 6 heteroatoms. The highest BCUT2D eigenvalue weighted by Crippen LogP contribution is 2.36. The molecule has 1 aromatic carbocycles. The molecule has 0 N–H and O–H groups in total. The van der Waals surface area contributed by atoms with Crippen molar-refractivity contribution in [3.05, 3.63) is 41.3 Å². The minimum absolute atomic E-state index is 0.204.